The van der Waals surface area contributed by atoms with Crippen molar-refractivity contribution in [2.75, 3.05) is 6.61 Å². The minimum atomic E-state index is -2.43. The summed E-state index contributed by atoms with van der Waals surface area (Å²) in [5.74, 6) is -0.0826. The molecule has 0 aromatic heterocycles. The maximum Gasteiger partial charge on any atom is 0.217 e. The maximum atomic E-state index is 10.6. The molecule has 0 aromatic carbocycles. The first kappa shape index (κ1) is 12.5. The molecular formula is C7H14NO4S-. The number of carbonyl (C=O) groups is 1. The van der Waals surface area contributed by atoms with Crippen molar-refractivity contribution >= 4 is 17.3 Å². The lowest BCUT2D eigenvalue weighted by molar-refractivity contribution is -0.119. The molecule has 0 heterocycles. The highest BCUT2D eigenvalue weighted by molar-refractivity contribution is 7.74. The van der Waals surface area contributed by atoms with E-state index in [1.54, 1.807) is 0 Å². The van der Waals surface area contributed by atoms with Crippen LogP contribution in [-0.4, -0.2) is 27.3 Å². The van der Waals surface area contributed by atoms with E-state index in [-0.39, 0.29) is 18.6 Å². The van der Waals surface area contributed by atoms with E-state index < -0.39 is 11.4 Å². The zero-order valence-corrected chi connectivity index (χ0v) is 8.56. The van der Waals surface area contributed by atoms with Gasteiger partial charge in [-0.1, -0.05) is 0 Å². The number of hydrogen-bond acceptors (Lipinski definition) is 4. The molecule has 1 amide bonds. The quantitative estimate of drug-likeness (QED) is 0.496. The second kappa shape index (κ2) is 6.99. The van der Waals surface area contributed by atoms with Crippen LogP contribution >= 0.6 is 0 Å². The third-order valence-electron chi connectivity index (χ3n) is 1.41. The van der Waals surface area contributed by atoms with Gasteiger partial charge >= 0.3 is 0 Å². The van der Waals surface area contributed by atoms with Gasteiger partial charge in [0, 0.05) is 13.0 Å². The Balaban J connectivity index is 3.31. The first-order valence-corrected chi connectivity index (χ1v) is 5.02. The summed E-state index contributed by atoms with van der Waals surface area (Å²) in [4.78, 5) is 10.6. The van der Waals surface area contributed by atoms with E-state index in [2.05, 4.69) is 9.50 Å². The molecule has 78 valence electrons. The zero-order valence-electron chi connectivity index (χ0n) is 7.74. The summed E-state index contributed by atoms with van der Waals surface area (Å²) < 4.78 is 24.2. The molecule has 6 heteroatoms. The third-order valence-corrected chi connectivity index (χ3v) is 1.77. The predicted molar refractivity (Wildman–Crippen MR) is 47.4 cm³/mol. The minimum Gasteiger partial charge on any atom is -0.750 e. The Morgan fingerprint density at radius 2 is 2.31 bits per heavy atom. The summed E-state index contributed by atoms with van der Waals surface area (Å²) in [5, 5.41) is 2.68. The van der Waals surface area contributed by atoms with Gasteiger partial charge in [-0.3, -0.25) is 4.79 Å². The van der Waals surface area contributed by atoms with E-state index >= 15 is 0 Å². The van der Waals surface area contributed by atoms with Gasteiger partial charge in [-0.15, -0.1) is 0 Å². The van der Waals surface area contributed by atoms with Crippen molar-refractivity contribution in [3.63, 3.8) is 0 Å². The van der Waals surface area contributed by atoms with E-state index in [1.807, 2.05) is 6.92 Å². The molecule has 0 aromatic rings. The summed E-state index contributed by atoms with van der Waals surface area (Å²) in [7, 11) is 0. The topological polar surface area (TPSA) is 78.5 Å². The molecule has 2 atom stereocenters. The summed E-state index contributed by atoms with van der Waals surface area (Å²) in [6, 6.07) is 0.0567. The van der Waals surface area contributed by atoms with Crippen LogP contribution in [0.4, 0.5) is 0 Å². The average Bonchev–Trinajstić information content (AvgIpc) is 1.96. The molecule has 0 aliphatic carbocycles. The van der Waals surface area contributed by atoms with E-state index in [0.717, 1.165) is 0 Å². The molecular weight excluding hydrogens is 194 g/mol. The lowest BCUT2D eigenvalue weighted by atomic mass is 10.2. The minimum absolute atomic E-state index is 0.0567. The second-order valence-electron chi connectivity index (χ2n) is 2.77. The molecule has 0 fully saturated rings. The molecule has 13 heavy (non-hydrogen) atoms. The summed E-state index contributed by atoms with van der Waals surface area (Å²) in [6.45, 7) is 3.47. The highest BCUT2D eigenvalue weighted by atomic mass is 32.2. The molecule has 0 bridgehead atoms. The molecule has 0 saturated carbocycles. The van der Waals surface area contributed by atoms with Gasteiger partial charge in [0.15, 0.2) is 0 Å². The van der Waals surface area contributed by atoms with Crippen LogP contribution in [0.5, 0.6) is 0 Å². The van der Waals surface area contributed by atoms with Crippen LogP contribution < -0.4 is 5.32 Å². The Bertz CT molecular complexity index is 185. The van der Waals surface area contributed by atoms with Crippen molar-refractivity contribution in [3.8, 4) is 0 Å². The Hall–Kier alpha value is -0.460. The summed E-state index contributed by atoms with van der Waals surface area (Å²) in [6.07, 6.45) is 1.31. The van der Waals surface area contributed by atoms with Gasteiger partial charge < -0.3 is 14.1 Å². The van der Waals surface area contributed by atoms with Crippen LogP contribution in [0.1, 0.15) is 26.7 Å². The predicted octanol–water partition coefficient (Wildman–Crippen LogP) is 0.102. The van der Waals surface area contributed by atoms with Crippen LogP contribution in [0.15, 0.2) is 0 Å². The smallest absolute Gasteiger partial charge is 0.217 e. The van der Waals surface area contributed by atoms with Gasteiger partial charge in [0.25, 0.3) is 0 Å². The van der Waals surface area contributed by atoms with Gasteiger partial charge in [0.05, 0.1) is 18.0 Å². The Morgan fingerprint density at radius 1 is 1.69 bits per heavy atom. The SMILES string of the molecule is CC(=O)NC(C)CCCOS(=O)[O-]. The lowest BCUT2D eigenvalue weighted by Gasteiger charge is -2.12. The summed E-state index contributed by atoms with van der Waals surface area (Å²) >= 11 is -2.43. The second-order valence-corrected chi connectivity index (χ2v) is 3.41. The Kier molecular flexibility index (Phi) is 6.75. The number of hydrogen-bond donors (Lipinski definition) is 1. The molecule has 0 aliphatic rings. The van der Waals surface area contributed by atoms with Gasteiger partial charge in [0.2, 0.25) is 5.91 Å². The van der Waals surface area contributed by atoms with Gasteiger partial charge in [-0.05, 0) is 19.8 Å². The molecule has 0 aliphatic heterocycles. The van der Waals surface area contributed by atoms with Crippen LogP contribution in [0.25, 0.3) is 0 Å². The highest BCUT2D eigenvalue weighted by Gasteiger charge is 2.02. The van der Waals surface area contributed by atoms with E-state index in [1.165, 1.54) is 6.92 Å². The number of amides is 1. The van der Waals surface area contributed by atoms with Crippen LogP contribution in [0.3, 0.4) is 0 Å². The lowest BCUT2D eigenvalue weighted by Crippen LogP contribution is -2.30. The molecule has 0 saturated heterocycles. The van der Waals surface area contributed by atoms with Crippen molar-refractivity contribution in [1.29, 1.82) is 0 Å². The van der Waals surface area contributed by atoms with Crippen molar-refractivity contribution in [3.05, 3.63) is 0 Å². The van der Waals surface area contributed by atoms with Gasteiger partial charge in [-0.2, -0.15) is 0 Å². The van der Waals surface area contributed by atoms with Crippen molar-refractivity contribution in [1.82, 2.24) is 5.32 Å². The summed E-state index contributed by atoms with van der Waals surface area (Å²) in [5.41, 5.74) is 0. The van der Waals surface area contributed by atoms with E-state index in [4.69, 9.17) is 0 Å². The van der Waals surface area contributed by atoms with Gasteiger partial charge in [0.1, 0.15) is 0 Å². The molecule has 0 radical (unpaired) electrons. The van der Waals surface area contributed by atoms with E-state index in [9.17, 15) is 13.6 Å². The van der Waals surface area contributed by atoms with Crippen molar-refractivity contribution < 1.29 is 17.7 Å². The molecule has 2 unspecified atom stereocenters. The number of rotatable bonds is 6. The van der Waals surface area contributed by atoms with Crippen LogP contribution in [0.2, 0.25) is 0 Å². The number of carbonyl (C=O) groups excluding carboxylic acids is 1. The van der Waals surface area contributed by atoms with Crippen molar-refractivity contribution in [2.24, 2.45) is 0 Å². The fourth-order valence-electron chi connectivity index (χ4n) is 0.936. The fourth-order valence-corrected chi connectivity index (χ4v) is 1.19. The van der Waals surface area contributed by atoms with Gasteiger partial charge in [-0.25, -0.2) is 4.21 Å². The molecule has 5 nitrogen and oxygen atoms in total. The van der Waals surface area contributed by atoms with E-state index in [0.29, 0.717) is 12.8 Å². The monoisotopic (exact) mass is 208 g/mol. The first-order chi connectivity index (χ1) is 6.02. The standard InChI is InChI=1S/C7H15NO4S/c1-6(8-7(2)9)4-3-5-12-13(10)11/h6H,3-5H2,1-2H3,(H,8,9)(H,10,11)/p-1. The molecule has 1 N–H and O–H groups in total. The maximum absolute atomic E-state index is 10.6. The Labute approximate surface area is 80.3 Å². The molecule has 0 rings (SSSR count). The largest absolute Gasteiger partial charge is 0.750 e. The van der Waals surface area contributed by atoms with Crippen molar-refractivity contribution in [2.45, 2.75) is 32.7 Å². The van der Waals surface area contributed by atoms with Crippen LogP contribution in [-0.2, 0) is 20.3 Å². The normalized spacial score (nSPS) is 15.0. The Morgan fingerprint density at radius 3 is 2.77 bits per heavy atom. The zero-order chi connectivity index (χ0) is 10.3. The highest BCUT2D eigenvalue weighted by Crippen LogP contribution is 1.97. The molecule has 0 spiro atoms. The first-order valence-electron chi connectivity index (χ1n) is 4.02. The van der Waals surface area contributed by atoms with Crippen LogP contribution in [0, 0.1) is 0 Å². The number of nitrogens with one attached hydrogen (secondary N) is 1. The third kappa shape index (κ3) is 9.45. The fraction of sp³-hybridized carbons (Fsp3) is 0.857. The average molecular weight is 208 g/mol.